The maximum atomic E-state index is 12.2. The van der Waals surface area contributed by atoms with E-state index in [0.29, 0.717) is 13.0 Å². The molecule has 2 N–H and O–H groups in total. The van der Waals surface area contributed by atoms with Crippen LogP contribution in [-0.2, 0) is 16.0 Å². The van der Waals surface area contributed by atoms with E-state index in [1.165, 1.54) is 11.1 Å². The quantitative estimate of drug-likeness (QED) is 0.840. The van der Waals surface area contributed by atoms with Crippen LogP contribution in [0.5, 0.6) is 0 Å². The molecule has 2 amide bonds. The van der Waals surface area contributed by atoms with Crippen molar-refractivity contribution in [2.75, 3.05) is 6.54 Å². The minimum Gasteiger partial charge on any atom is -0.355 e. The molecule has 1 aromatic carbocycles. The summed E-state index contributed by atoms with van der Waals surface area (Å²) in [6.07, 6.45) is 3.49. The Kier molecular flexibility index (Phi) is 3.23. The molecule has 100 valence electrons. The van der Waals surface area contributed by atoms with Crippen molar-refractivity contribution < 1.29 is 9.59 Å². The number of aryl methyl sites for hydroxylation is 1. The average Bonchev–Trinajstić information content (AvgIpc) is 2.86. The number of amides is 2. The number of hydrogen-bond donors (Lipinski definition) is 2. The van der Waals surface area contributed by atoms with Crippen molar-refractivity contribution in [1.82, 2.24) is 10.6 Å². The topological polar surface area (TPSA) is 58.2 Å². The van der Waals surface area contributed by atoms with Crippen molar-refractivity contribution in [2.45, 2.75) is 31.7 Å². The van der Waals surface area contributed by atoms with E-state index in [4.69, 9.17) is 0 Å². The standard InChI is InChI=1S/C15H18N2O2/c18-14-8-11(9-16-14)15(19)17-13-7-3-5-10-4-1-2-6-12(10)13/h1-2,4,6,11,13H,3,5,7-9H2,(H,16,18)(H,17,19). The predicted molar refractivity (Wildman–Crippen MR) is 71.4 cm³/mol. The molecule has 19 heavy (non-hydrogen) atoms. The Morgan fingerprint density at radius 1 is 1.32 bits per heavy atom. The molecule has 1 aliphatic carbocycles. The van der Waals surface area contributed by atoms with Crippen molar-refractivity contribution in [3.05, 3.63) is 35.4 Å². The van der Waals surface area contributed by atoms with E-state index in [-0.39, 0.29) is 23.8 Å². The molecule has 2 unspecified atom stereocenters. The van der Waals surface area contributed by atoms with Gasteiger partial charge in [-0.2, -0.15) is 0 Å². The Hall–Kier alpha value is -1.84. The fraction of sp³-hybridized carbons (Fsp3) is 0.467. The summed E-state index contributed by atoms with van der Waals surface area (Å²) in [4.78, 5) is 23.3. The third-order valence-electron chi connectivity index (χ3n) is 4.03. The molecule has 4 heteroatoms. The first-order valence-electron chi connectivity index (χ1n) is 6.89. The predicted octanol–water partition coefficient (Wildman–Crippen LogP) is 1.32. The van der Waals surface area contributed by atoms with Gasteiger partial charge in [-0.15, -0.1) is 0 Å². The van der Waals surface area contributed by atoms with E-state index in [0.717, 1.165) is 19.3 Å². The summed E-state index contributed by atoms with van der Waals surface area (Å²) >= 11 is 0. The van der Waals surface area contributed by atoms with Gasteiger partial charge in [0, 0.05) is 13.0 Å². The fourth-order valence-corrected chi connectivity index (χ4v) is 2.98. The van der Waals surface area contributed by atoms with Gasteiger partial charge in [0.15, 0.2) is 0 Å². The number of fused-ring (bicyclic) bond motifs is 1. The molecular formula is C15H18N2O2. The Morgan fingerprint density at radius 2 is 2.16 bits per heavy atom. The number of hydrogen-bond acceptors (Lipinski definition) is 2. The van der Waals surface area contributed by atoms with Gasteiger partial charge in [0.2, 0.25) is 11.8 Å². The number of nitrogens with one attached hydrogen (secondary N) is 2. The lowest BCUT2D eigenvalue weighted by Gasteiger charge is -2.27. The number of rotatable bonds is 2. The highest BCUT2D eigenvalue weighted by molar-refractivity contribution is 5.89. The summed E-state index contributed by atoms with van der Waals surface area (Å²) in [7, 11) is 0. The summed E-state index contributed by atoms with van der Waals surface area (Å²) in [5.41, 5.74) is 2.57. The van der Waals surface area contributed by atoms with E-state index >= 15 is 0 Å². The first kappa shape index (κ1) is 12.2. The zero-order valence-corrected chi connectivity index (χ0v) is 10.8. The summed E-state index contributed by atoms with van der Waals surface area (Å²) < 4.78 is 0. The largest absolute Gasteiger partial charge is 0.355 e. The van der Waals surface area contributed by atoms with Crippen LogP contribution in [0.4, 0.5) is 0 Å². The van der Waals surface area contributed by atoms with Gasteiger partial charge in [-0.25, -0.2) is 0 Å². The van der Waals surface area contributed by atoms with Crippen molar-refractivity contribution in [3.8, 4) is 0 Å². The monoisotopic (exact) mass is 258 g/mol. The maximum absolute atomic E-state index is 12.2. The smallest absolute Gasteiger partial charge is 0.225 e. The molecule has 1 aromatic rings. The van der Waals surface area contributed by atoms with Gasteiger partial charge in [-0.05, 0) is 30.4 Å². The summed E-state index contributed by atoms with van der Waals surface area (Å²) in [5, 5.41) is 5.81. The van der Waals surface area contributed by atoms with Crippen LogP contribution in [0.3, 0.4) is 0 Å². The minimum absolute atomic E-state index is 0.0000491. The van der Waals surface area contributed by atoms with Crippen LogP contribution in [0.25, 0.3) is 0 Å². The lowest BCUT2D eigenvalue weighted by molar-refractivity contribution is -0.127. The zero-order chi connectivity index (χ0) is 13.2. The molecule has 4 nitrogen and oxygen atoms in total. The van der Waals surface area contributed by atoms with Gasteiger partial charge >= 0.3 is 0 Å². The number of carbonyl (C=O) groups excluding carboxylic acids is 2. The molecule has 2 aliphatic rings. The van der Waals surface area contributed by atoms with Crippen molar-refractivity contribution >= 4 is 11.8 Å². The molecule has 0 aromatic heterocycles. The van der Waals surface area contributed by atoms with Crippen LogP contribution >= 0.6 is 0 Å². The summed E-state index contributed by atoms with van der Waals surface area (Å²) in [6, 6.07) is 8.39. The van der Waals surface area contributed by atoms with Crippen LogP contribution in [0.2, 0.25) is 0 Å². The molecule has 1 saturated heterocycles. The molecule has 0 bridgehead atoms. The van der Waals surface area contributed by atoms with Crippen molar-refractivity contribution in [2.24, 2.45) is 5.92 Å². The van der Waals surface area contributed by atoms with Gasteiger partial charge in [-0.3, -0.25) is 9.59 Å². The molecule has 1 heterocycles. The highest BCUT2D eigenvalue weighted by Crippen LogP contribution is 2.29. The summed E-state index contributed by atoms with van der Waals surface area (Å²) in [6.45, 7) is 0.471. The Bertz CT molecular complexity index is 513. The second-order valence-electron chi connectivity index (χ2n) is 5.36. The highest BCUT2D eigenvalue weighted by Gasteiger charge is 2.30. The second-order valence-corrected chi connectivity index (χ2v) is 5.36. The van der Waals surface area contributed by atoms with Gasteiger partial charge in [0.1, 0.15) is 0 Å². The average molecular weight is 258 g/mol. The van der Waals surface area contributed by atoms with Gasteiger partial charge < -0.3 is 10.6 Å². The van der Waals surface area contributed by atoms with E-state index in [1.54, 1.807) is 0 Å². The van der Waals surface area contributed by atoms with Gasteiger partial charge in [0.05, 0.1) is 12.0 Å². The number of benzene rings is 1. The Morgan fingerprint density at radius 3 is 2.95 bits per heavy atom. The van der Waals surface area contributed by atoms with Crippen LogP contribution in [-0.4, -0.2) is 18.4 Å². The van der Waals surface area contributed by atoms with Crippen LogP contribution in [0.15, 0.2) is 24.3 Å². The fourth-order valence-electron chi connectivity index (χ4n) is 2.98. The minimum atomic E-state index is -0.207. The molecule has 0 saturated carbocycles. The molecule has 0 spiro atoms. The van der Waals surface area contributed by atoms with Crippen LogP contribution in [0.1, 0.15) is 36.4 Å². The number of carbonyl (C=O) groups is 2. The van der Waals surface area contributed by atoms with Gasteiger partial charge in [-0.1, -0.05) is 24.3 Å². The SMILES string of the molecule is O=C1CC(C(=O)NC2CCCc3ccccc32)CN1. The maximum Gasteiger partial charge on any atom is 0.225 e. The van der Waals surface area contributed by atoms with Crippen molar-refractivity contribution in [3.63, 3.8) is 0 Å². The van der Waals surface area contributed by atoms with Crippen LogP contribution < -0.4 is 10.6 Å². The molecule has 1 aliphatic heterocycles. The van der Waals surface area contributed by atoms with Gasteiger partial charge in [0.25, 0.3) is 0 Å². The highest BCUT2D eigenvalue weighted by atomic mass is 16.2. The third-order valence-corrected chi connectivity index (χ3v) is 4.03. The molecule has 2 atom stereocenters. The first-order chi connectivity index (χ1) is 9.24. The van der Waals surface area contributed by atoms with Crippen molar-refractivity contribution in [1.29, 1.82) is 0 Å². The lowest BCUT2D eigenvalue weighted by Crippen LogP contribution is -2.36. The third kappa shape index (κ3) is 2.48. The van der Waals surface area contributed by atoms with E-state index in [2.05, 4.69) is 22.8 Å². The van der Waals surface area contributed by atoms with E-state index < -0.39 is 0 Å². The first-order valence-corrected chi connectivity index (χ1v) is 6.89. The second kappa shape index (κ2) is 5.03. The molecule has 0 radical (unpaired) electrons. The lowest BCUT2D eigenvalue weighted by atomic mass is 9.87. The van der Waals surface area contributed by atoms with E-state index in [1.807, 2.05) is 12.1 Å². The zero-order valence-electron chi connectivity index (χ0n) is 10.8. The molecule has 3 rings (SSSR count). The van der Waals surface area contributed by atoms with E-state index in [9.17, 15) is 9.59 Å². The normalized spacial score (nSPS) is 25.6. The Labute approximate surface area is 112 Å². The molecule has 1 fully saturated rings. The van der Waals surface area contributed by atoms with Crippen LogP contribution in [0, 0.1) is 5.92 Å². The summed E-state index contributed by atoms with van der Waals surface area (Å²) in [5.74, 6) is -0.231. The Balaban J connectivity index is 1.71. The molecular weight excluding hydrogens is 240 g/mol.